The van der Waals surface area contributed by atoms with E-state index in [2.05, 4.69) is 4.98 Å². The van der Waals surface area contributed by atoms with E-state index < -0.39 is 5.25 Å². The molecule has 1 unspecified atom stereocenters. The highest BCUT2D eigenvalue weighted by Crippen LogP contribution is 2.30. The number of carbonyl (C=O) groups excluding carboxylic acids is 1. The molecule has 0 aliphatic heterocycles. The first kappa shape index (κ1) is 24.2. The zero-order valence-electron chi connectivity index (χ0n) is 19.8. The van der Waals surface area contributed by atoms with Crippen LogP contribution >= 0.6 is 23.1 Å². The van der Waals surface area contributed by atoms with Gasteiger partial charge in [-0.2, -0.15) is 0 Å². The van der Waals surface area contributed by atoms with Crippen molar-refractivity contribution in [2.24, 2.45) is 0 Å². The second kappa shape index (κ2) is 10.5. The van der Waals surface area contributed by atoms with E-state index in [9.17, 15) is 9.59 Å². The number of aryl methyl sites for hydroxylation is 2. The molecule has 6 nitrogen and oxygen atoms in total. The van der Waals surface area contributed by atoms with E-state index in [4.69, 9.17) is 4.98 Å². The van der Waals surface area contributed by atoms with Crippen LogP contribution in [0.1, 0.15) is 35.5 Å². The lowest BCUT2D eigenvalue weighted by Crippen LogP contribution is -2.36. The summed E-state index contributed by atoms with van der Waals surface area (Å²) in [5.41, 5.74) is 2.74. The maximum Gasteiger partial charge on any atom is 0.263 e. The fourth-order valence-corrected chi connectivity index (χ4v) is 5.87. The minimum atomic E-state index is -0.398. The normalized spacial score (nSPS) is 12.1. The second-order valence-electron chi connectivity index (χ2n) is 8.17. The smallest absolute Gasteiger partial charge is 0.263 e. The molecular formula is C26H28N4O2S2. The van der Waals surface area contributed by atoms with Crippen molar-refractivity contribution in [2.45, 2.75) is 51.2 Å². The van der Waals surface area contributed by atoms with Crippen molar-refractivity contribution in [3.63, 3.8) is 0 Å². The summed E-state index contributed by atoms with van der Waals surface area (Å²) in [6.45, 7) is 9.30. The molecule has 8 heteroatoms. The predicted octanol–water partition coefficient (Wildman–Crippen LogP) is 5.05. The van der Waals surface area contributed by atoms with Crippen molar-refractivity contribution in [1.82, 2.24) is 19.4 Å². The zero-order chi connectivity index (χ0) is 24.2. The van der Waals surface area contributed by atoms with Crippen LogP contribution in [0.3, 0.4) is 0 Å². The van der Waals surface area contributed by atoms with Crippen LogP contribution in [0.15, 0.2) is 64.7 Å². The topological polar surface area (TPSA) is 68.1 Å². The number of hydrogen-bond acceptors (Lipinski definition) is 6. The Bertz CT molecular complexity index is 1350. The molecule has 3 heterocycles. The van der Waals surface area contributed by atoms with Crippen LogP contribution in [-0.4, -0.2) is 37.1 Å². The number of benzene rings is 1. The molecule has 0 aliphatic rings. The minimum absolute atomic E-state index is 0.0219. The molecule has 0 N–H and O–H groups in total. The lowest BCUT2D eigenvalue weighted by atomic mass is 10.2. The Labute approximate surface area is 207 Å². The summed E-state index contributed by atoms with van der Waals surface area (Å²) in [4.78, 5) is 39.8. The Morgan fingerprint density at radius 3 is 2.56 bits per heavy atom. The van der Waals surface area contributed by atoms with Gasteiger partial charge in [0.15, 0.2) is 5.16 Å². The molecule has 0 spiro atoms. The zero-order valence-corrected chi connectivity index (χ0v) is 21.4. The summed E-state index contributed by atoms with van der Waals surface area (Å²) in [7, 11) is 0. The van der Waals surface area contributed by atoms with Gasteiger partial charge in [-0.05, 0) is 51.0 Å². The number of carbonyl (C=O) groups is 1. The summed E-state index contributed by atoms with van der Waals surface area (Å²) in [5.74, 6) is 0.0219. The number of hydrogen-bond donors (Lipinski definition) is 0. The molecule has 0 saturated heterocycles. The Morgan fingerprint density at radius 1 is 1.15 bits per heavy atom. The molecule has 176 valence electrons. The van der Waals surface area contributed by atoms with E-state index in [-0.39, 0.29) is 11.5 Å². The number of nitrogens with zero attached hydrogens (tertiary/aromatic N) is 4. The molecule has 1 amide bonds. The van der Waals surface area contributed by atoms with Crippen molar-refractivity contribution in [2.75, 3.05) is 6.54 Å². The van der Waals surface area contributed by atoms with Crippen molar-refractivity contribution >= 4 is 39.2 Å². The van der Waals surface area contributed by atoms with Crippen molar-refractivity contribution in [3.05, 3.63) is 86.8 Å². The first-order chi connectivity index (χ1) is 16.4. The quantitative estimate of drug-likeness (QED) is 0.254. The van der Waals surface area contributed by atoms with Crippen LogP contribution in [-0.2, 0) is 17.9 Å². The van der Waals surface area contributed by atoms with E-state index in [1.54, 1.807) is 10.8 Å². The lowest BCUT2D eigenvalue weighted by molar-refractivity contribution is -0.130. The summed E-state index contributed by atoms with van der Waals surface area (Å²) < 4.78 is 1.66. The molecule has 34 heavy (non-hydrogen) atoms. The van der Waals surface area contributed by atoms with Gasteiger partial charge in [0.2, 0.25) is 5.91 Å². The van der Waals surface area contributed by atoms with Gasteiger partial charge in [-0.3, -0.25) is 19.1 Å². The highest BCUT2D eigenvalue weighted by Gasteiger charge is 2.25. The highest BCUT2D eigenvalue weighted by atomic mass is 32.2. The molecule has 0 radical (unpaired) electrons. The maximum atomic E-state index is 13.6. The van der Waals surface area contributed by atoms with E-state index in [0.29, 0.717) is 30.2 Å². The van der Waals surface area contributed by atoms with Crippen LogP contribution in [0.2, 0.25) is 0 Å². The van der Waals surface area contributed by atoms with Crippen LogP contribution in [0, 0.1) is 13.8 Å². The predicted molar refractivity (Wildman–Crippen MR) is 140 cm³/mol. The Balaban J connectivity index is 1.67. The molecule has 0 fully saturated rings. The van der Waals surface area contributed by atoms with E-state index in [0.717, 1.165) is 26.5 Å². The van der Waals surface area contributed by atoms with E-state index in [1.165, 1.54) is 23.1 Å². The molecule has 0 aliphatic carbocycles. The largest absolute Gasteiger partial charge is 0.338 e. The van der Waals surface area contributed by atoms with Gasteiger partial charge in [0.25, 0.3) is 5.56 Å². The molecule has 1 atom stereocenters. The van der Waals surface area contributed by atoms with Gasteiger partial charge in [-0.1, -0.05) is 48.2 Å². The third kappa shape index (κ3) is 5.08. The van der Waals surface area contributed by atoms with Gasteiger partial charge in [0.1, 0.15) is 4.83 Å². The summed E-state index contributed by atoms with van der Waals surface area (Å²) in [6, 6.07) is 15.6. The van der Waals surface area contributed by atoms with Gasteiger partial charge < -0.3 is 4.90 Å². The van der Waals surface area contributed by atoms with Gasteiger partial charge in [-0.15, -0.1) is 11.3 Å². The maximum absolute atomic E-state index is 13.6. The summed E-state index contributed by atoms with van der Waals surface area (Å²) >= 11 is 2.86. The van der Waals surface area contributed by atoms with Crippen molar-refractivity contribution in [3.8, 4) is 0 Å². The number of amides is 1. The van der Waals surface area contributed by atoms with Gasteiger partial charge in [-0.25, -0.2) is 4.98 Å². The molecule has 0 saturated carbocycles. The molecule has 3 aromatic heterocycles. The molecule has 0 bridgehead atoms. The Kier molecular flexibility index (Phi) is 7.48. The SMILES string of the molecule is CCN(Cc1ccccc1)C(=O)C(C)Sc1nc2sc(C)c(C)c2c(=O)n1Cc1ccccn1. The standard InChI is InChI=1S/C26H28N4O2S2/c1-5-29(15-20-11-7-6-8-12-20)24(31)19(4)34-26-28-23-22(17(2)18(3)33-23)25(32)30(26)16-21-13-9-10-14-27-21/h6-14,19H,5,15-16H2,1-4H3. The summed E-state index contributed by atoms with van der Waals surface area (Å²) in [6.07, 6.45) is 1.72. The Morgan fingerprint density at radius 2 is 1.88 bits per heavy atom. The molecular weight excluding hydrogens is 464 g/mol. The van der Waals surface area contributed by atoms with Crippen LogP contribution in [0.4, 0.5) is 0 Å². The average molecular weight is 493 g/mol. The van der Waals surface area contributed by atoms with E-state index >= 15 is 0 Å². The van der Waals surface area contributed by atoms with Gasteiger partial charge in [0.05, 0.1) is 22.9 Å². The molecule has 4 aromatic rings. The number of pyridine rings is 1. The van der Waals surface area contributed by atoms with Gasteiger partial charge in [0, 0.05) is 24.2 Å². The summed E-state index contributed by atoms with van der Waals surface area (Å²) in [5, 5.41) is 0.798. The Hall–Kier alpha value is -2.97. The van der Waals surface area contributed by atoms with Gasteiger partial charge >= 0.3 is 0 Å². The highest BCUT2D eigenvalue weighted by molar-refractivity contribution is 8.00. The number of thioether (sulfide) groups is 1. The van der Waals surface area contributed by atoms with E-state index in [1.807, 2.05) is 81.1 Å². The fourth-order valence-electron chi connectivity index (χ4n) is 3.81. The number of thiophene rings is 1. The number of fused-ring (bicyclic) bond motifs is 1. The lowest BCUT2D eigenvalue weighted by Gasteiger charge is -2.24. The van der Waals surface area contributed by atoms with Crippen molar-refractivity contribution in [1.29, 1.82) is 0 Å². The third-order valence-electron chi connectivity index (χ3n) is 5.84. The van der Waals surface area contributed by atoms with Crippen LogP contribution in [0.5, 0.6) is 0 Å². The van der Waals surface area contributed by atoms with Crippen LogP contribution < -0.4 is 5.56 Å². The first-order valence-corrected chi connectivity index (χ1v) is 13.0. The molecule has 4 rings (SSSR count). The second-order valence-corrected chi connectivity index (χ2v) is 10.7. The van der Waals surface area contributed by atoms with Crippen LogP contribution in [0.25, 0.3) is 10.2 Å². The third-order valence-corrected chi connectivity index (χ3v) is 8.02. The molecule has 1 aromatic carbocycles. The number of aromatic nitrogens is 3. The van der Waals surface area contributed by atoms with Crippen molar-refractivity contribution < 1.29 is 4.79 Å². The first-order valence-electron chi connectivity index (χ1n) is 11.3. The monoisotopic (exact) mass is 492 g/mol. The minimum Gasteiger partial charge on any atom is -0.338 e. The fraction of sp³-hybridized carbons (Fsp3) is 0.308. The number of rotatable bonds is 8. The average Bonchev–Trinajstić information content (AvgIpc) is 3.13.